The van der Waals surface area contributed by atoms with Gasteiger partial charge in [0.25, 0.3) is 0 Å². The molecule has 3 nitrogen and oxygen atoms in total. The standard InChI is InChI=1S/C9H12ClNO2/c1-11(2)3-7(5-12)9(10)8(4-11)6-13/h5-6H,3-4H2,1-2H3/p+1. The fourth-order valence-corrected chi connectivity index (χ4v) is 1.72. The van der Waals surface area contributed by atoms with E-state index in [2.05, 4.69) is 0 Å². The van der Waals surface area contributed by atoms with Crippen LogP contribution in [0.2, 0.25) is 0 Å². The van der Waals surface area contributed by atoms with Crippen molar-refractivity contribution in [3.8, 4) is 0 Å². The van der Waals surface area contributed by atoms with Crippen molar-refractivity contribution < 1.29 is 14.4 Å². The highest BCUT2D eigenvalue weighted by molar-refractivity contribution is 6.33. The molecule has 0 unspecified atom stereocenters. The fraction of sp³-hybridized carbons (Fsp3) is 0.444. The first kappa shape index (κ1) is 10.3. The van der Waals surface area contributed by atoms with E-state index in [9.17, 15) is 4.79 Å². The van der Waals surface area contributed by atoms with Gasteiger partial charge in [-0.1, -0.05) is 11.6 Å². The minimum Gasteiger partial charge on any atom is -0.515 e. The lowest BCUT2D eigenvalue weighted by Crippen LogP contribution is -2.45. The molecule has 0 saturated carbocycles. The van der Waals surface area contributed by atoms with Gasteiger partial charge in [-0.3, -0.25) is 4.79 Å². The Morgan fingerprint density at radius 1 is 1.46 bits per heavy atom. The molecule has 0 spiro atoms. The molecule has 1 aliphatic heterocycles. The van der Waals surface area contributed by atoms with Crippen LogP contribution in [0.15, 0.2) is 22.4 Å². The third-order valence-electron chi connectivity index (χ3n) is 2.06. The van der Waals surface area contributed by atoms with Crippen LogP contribution < -0.4 is 0 Å². The average Bonchev–Trinajstić information content (AvgIpc) is 2.08. The minimum atomic E-state index is 0.398. The van der Waals surface area contributed by atoms with Gasteiger partial charge in [0.1, 0.15) is 13.1 Å². The van der Waals surface area contributed by atoms with Crippen LogP contribution in [-0.4, -0.2) is 43.1 Å². The molecule has 13 heavy (non-hydrogen) atoms. The van der Waals surface area contributed by atoms with Crippen LogP contribution in [0.1, 0.15) is 0 Å². The molecule has 1 heterocycles. The normalized spacial score (nSPS) is 25.0. The van der Waals surface area contributed by atoms with Crippen LogP contribution in [-0.2, 0) is 4.79 Å². The Hall–Kier alpha value is -0.800. The molecular formula is C9H13ClNO2+. The first-order valence-electron chi connectivity index (χ1n) is 3.99. The lowest BCUT2D eigenvalue weighted by atomic mass is 10.1. The fourth-order valence-electron chi connectivity index (χ4n) is 1.51. The molecule has 0 amide bonds. The number of hydrogen-bond donors (Lipinski definition) is 1. The molecule has 0 atom stereocenters. The predicted molar refractivity (Wildman–Crippen MR) is 51.5 cm³/mol. The Morgan fingerprint density at radius 2 is 2.08 bits per heavy atom. The summed E-state index contributed by atoms with van der Waals surface area (Å²) in [6.07, 6.45) is 1.73. The molecular weight excluding hydrogens is 190 g/mol. The Morgan fingerprint density at radius 3 is 2.54 bits per heavy atom. The Labute approximate surface area is 82.5 Å². The van der Waals surface area contributed by atoms with Crippen LogP contribution in [0.3, 0.4) is 0 Å². The van der Waals surface area contributed by atoms with Crippen LogP contribution in [0.4, 0.5) is 0 Å². The van der Waals surface area contributed by atoms with E-state index in [1.54, 1.807) is 0 Å². The van der Waals surface area contributed by atoms with E-state index in [1.807, 2.05) is 14.1 Å². The van der Waals surface area contributed by atoms with E-state index in [0.29, 0.717) is 33.8 Å². The van der Waals surface area contributed by atoms with Crippen molar-refractivity contribution in [3.63, 3.8) is 0 Å². The zero-order chi connectivity index (χ0) is 10.1. The van der Waals surface area contributed by atoms with Crippen LogP contribution in [0.5, 0.6) is 0 Å². The summed E-state index contributed by atoms with van der Waals surface area (Å²) in [7, 11) is 3.96. The highest BCUT2D eigenvalue weighted by Gasteiger charge is 2.29. The highest BCUT2D eigenvalue weighted by atomic mass is 35.5. The molecule has 0 aromatic rings. The van der Waals surface area contributed by atoms with Crippen molar-refractivity contribution in [1.29, 1.82) is 0 Å². The summed E-state index contributed by atoms with van der Waals surface area (Å²) in [6.45, 7) is 1.26. The van der Waals surface area contributed by atoms with Gasteiger partial charge in [-0.05, 0) is 0 Å². The number of quaternary nitrogens is 1. The van der Waals surface area contributed by atoms with Crippen LogP contribution in [0, 0.1) is 0 Å². The minimum absolute atomic E-state index is 0.398. The number of halogens is 1. The number of likely N-dealkylation sites (N-methyl/N-ethyl adjacent to an activating group) is 1. The first-order chi connectivity index (χ1) is 6.00. The zero-order valence-corrected chi connectivity index (χ0v) is 8.51. The van der Waals surface area contributed by atoms with E-state index in [4.69, 9.17) is 16.7 Å². The van der Waals surface area contributed by atoms with Gasteiger partial charge in [-0.2, -0.15) is 0 Å². The van der Waals surface area contributed by atoms with E-state index >= 15 is 0 Å². The number of hydrogen-bond acceptors (Lipinski definition) is 2. The maximum absolute atomic E-state index is 10.7. The van der Waals surface area contributed by atoms with Crippen molar-refractivity contribution in [2.24, 2.45) is 0 Å². The maximum Gasteiger partial charge on any atom is 0.153 e. The third-order valence-corrected chi connectivity index (χ3v) is 2.54. The summed E-state index contributed by atoms with van der Waals surface area (Å²) >= 11 is 5.89. The molecule has 0 aromatic heterocycles. The summed E-state index contributed by atoms with van der Waals surface area (Å²) in [6, 6.07) is 0. The van der Waals surface area contributed by atoms with E-state index in [0.717, 1.165) is 12.5 Å². The highest BCUT2D eigenvalue weighted by Crippen LogP contribution is 2.27. The molecule has 1 rings (SSSR count). The van der Waals surface area contributed by atoms with Gasteiger partial charge in [0.2, 0.25) is 0 Å². The van der Waals surface area contributed by atoms with Gasteiger partial charge in [0, 0.05) is 0 Å². The number of nitrogens with zero attached hydrogens (tertiary/aromatic N) is 1. The van der Waals surface area contributed by atoms with Crippen LogP contribution >= 0.6 is 11.6 Å². The molecule has 0 aliphatic carbocycles. The summed E-state index contributed by atoms with van der Waals surface area (Å²) in [5.74, 6) is 0. The summed E-state index contributed by atoms with van der Waals surface area (Å²) in [5.41, 5.74) is 1.18. The molecule has 1 aliphatic rings. The first-order valence-corrected chi connectivity index (χ1v) is 4.37. The number of aliphatic hydroxyl groups excluding tert-OH is 1. The average molecular weight is 203 g/mol. The number of aldehydes is 1. The van der Waals surface area contributed by atoms with Crippen LogP contribution in [0.25, 0.3) is 0 Å². The second kappa shape index (κ2) is 3.52. The van der Waals surface area contributed by atoms with Gasteiger partial charge < -0.3 is 9.59 Å². The molecule has 1 N–H and O–H groups in total. The third kappa shape index (κ3) is 2.11. The van der Waals surface area contributed by atoms with Crippen molar-refractivity contribution in [1.82, 2.24) is 0 Å². The Bertz CT molecular complexity index is 292. The molecule has 0 fully saturated rings. The molecule has 0 saturated heterocycles. The second-order valence-corrected chi connectivity index (χ2v) is 4.24. The van der Waals surface area contributed by atoms with Gasteiger partial charge in [-0.15, -0.1) is 0 Å². The maximum atomic E-state index is 10.7. The summed E-state index contributed by atoms with van der Waals surface area (Å²) in [4.78, 5) is 10.7. The lowest BCUT2D eigenvalue weighted by Gasteiger charge is -2.34. The number of aliphatic hydroxyl groups is 1. The van der Waals surface area contributed by atoms with Crippen molar-refractivity contribution in [3.05, 3.63) is 22.4 Å². The van der Waals surface area contributed by atoms with Gasteiger partial charge in [-0.25, -0.2) is 0 Å². The Balaban J connectivity index is 3.11. The predicted octanol–water partition coefficient (Wildman–Crippen LogP) is 1.21. The van der Waals surface area contributed by atoms with Crippen molar-refractivity contribution >= 4 is 17.9 Å². The van der Waals surface area contributed by atoms with Gasteiger partial charge in [0.05, 0.1) is 36.5 Å². The smallest absolute Gasteiger partial charge is 0.153 e. The number of rotatable bonds is 1. The topological polar surface area (TPSA) is 37.3 Å². The number of carbonyl (C=O) groups excluding carboxylic acids is 1. The molecule has 4 heteroatoms. The number of carbonyl (C=O) groups is 1. The molecule has 0 radical (unpaired) electrons. The Kier molecular flexibility index (Phi) is 2.78. The largest absolute Gasteiger partial charge is 0.515 e. The van der Waals surface area contributed by atoms with Gasteiger partial charge >= 0.3 is 0 Å². The summed E-state index contributed by atoms with van der Waals surface area (Å²) in [5, 5.41) is 9.30. The molecule has 72 valence electrons. The quantitative estimate of drug-likeness (QED) is 0.394. The zero-order valence-electron chi connectivity index (χ0n) is 7.75. The summed E-state index contributed by atoms with van der Waals surface area (Å²) < 4.78 is 0.636. The monoisotopic (exact) mass is 202 g/mol. The van der Waals surface area contributed by atoms with E-state index < -0.39 is 0 Å². The van der Waals surface area contributed by atoms with Crippen molar-refractivity contribution in [2.45, 2.75) is 0 Å². The molecule has 0 aromatic carbocycles. The van der Waals surface area contributed by atoms with E-state index in [-0.39, 0.29) is 0 Å². The van der Waals surface area contributed by atoms with Gasteiger partial charge in [0.15, 0.2) is 6.29 Å². The molecule has 0 bridgehead atoms. The van der Waals surface area contributed by atoms with Crippen molar-refractivity contribution in [2.75, 3.05) is 27.2 Å². The second-order valence-electron chi connectivity index (χ2n) is 3.86. The van der Waals surface area contributed by atoms with E-state index in [1.165, 1.54) is 0 Å². The lowest BCUT2D eigenvalue weighted by molar-refractivity contribution is -0.881. The SMILES string of the molecule is C[N+]1(C)CC(C=O)=C(Cl)/C(=C\O)C1.